The van der Waals surface area contributed by atoms with E-state index in [1.54, 1.807) is 36.4 Å². The fraction of sp³-hybridized carbons (Fsp3) is 0.350. The Morgan fingerprint density at radius 3 is 2.45 bits per heavy atom. The number of hydroxylamine groups is 1. The van der Waals surface area contributed by atoms with Gasteiger partial charge in [-0.1, -0.05) is 47.5 Å². The van der Waals surface area contributed by atoms with E-state index in [-0.39, 0.29) is 6.61 Å². The fourth-order valence-corrected chi connectivity index (χ4v) is 3.15. The highest BCUT2D eigenvalue weighted by atomic mass is 35.5. The number of aliphatic carboxylic acids is 1. The lowest BCUT2D eigenvalue weighted by atomic mass is 10.0. The lowest BCUT2D eigenvalue weighted by molar-refractivity contribution is -0.143. The highest BCUT2D eigenvalue weighted by Gasteiger charge is 2.22. The van der Waals surface area contributed by atoms with Crippen molar-refractivity contribution in [3.8, 4) is 11.5 Å². The van der Waals surface area contributed by atoms with Gasteiger partial charge in [0, 0.05) is 18.7 Å². The van der Waals surface area contributed by atoms with Crippen molar-refractivity contribution in [2.45, 2.75) is 19.6 Å². The average molecular weight is 444 g/mol. The SMILES string of the molecule is CCOCCOc1c(Cl)cc(OCc2ccccc2C(NOC)C(=O)O)cc1Cl. The molecule has 1 atom stereocenters. The maximum Gasteiger partial charge on any atom is 0.327 e. The van der Waals surface area contributed by atoms with Crippen molar-refractivity contribution in [3.63, 3.8) is 0 Å². The number of benzene rings is 2. The van der Waals surface area contributed by atoms with Gasteiger partial charge in [-0.15, -0.1) is 0 Å². The van der Waals surface area contributed by atoms with Gasteiger partial charge in [0.15, 0.2) is 11.8 Å². The third kappa shape index (κ3) is 6.76. The van der Waals surface area contributed by atoms with Gasteiger partial charge in [-0.05, 0) is 18.1 Å². The smallest absolute Gasteiger partial charge is 0.327 e. The molecule has 29 heavy (non-hydrogen) atoms. The molecule has 158 valence electrons. The second-order valence-corrected chi connectivity index (χ2v) is 6.66. The first-order chi connectivity index (χ1) is 14.0. The number of rotatable bonds is 12. The minimum Gasteiger partial charge on any atom is -0.489 e. The molecule has 7 nitrogen and oxygen atoms in total. The number of nitrogens with one attached hydrogen (secondary N) is 1. The summed E-state index contributed by atoms with van der Waals surface area (Å²) in [6.45, 7) is 3.36. The van der Waals surface area contributed by atoms with Crippen LogP contribution in [0.1, 0.15) is 24.1 Å². The Labute approximate surface area is 179 Å². The van der Waals surface area contributed by atoms with E-state index < -0.39 is 12.0 Å². The third-order valence-electron chi connectivity index (χ3n) is 3.89. The molecule has 0 radical (unpaired) electrons. The van der Waals surface area contributed by atoms with Crippen LogP contribution in [0.4, 0.5) is 0 Å². The lowest BCUT2D eigenvalue weighted by Crippen LogP contribution is -2.28. The van der Waals surface area contributed by atoms with Crippen LogP contribution < -0.4 is 15.0 Å². The molecule has 0 amide bonds. The molecule has 0 heterocycles. The molecular weight excluding hydrogens is 421 g/mol. The maximum atomic E-state index is 11.5. The molecule has 0 saturated carbocycles. The van der Waals surface area contributed by atoms with Crippen LogP contribution in [0.3, 0.4) is 0 Å². The van der Waals surface area contributed by atoms with E-state index in [0.29, 0.717) is 52.5 Å². The van der Waals surface area contributed by atoms with Crippen LogP contribution in [-0.4, -0.2) is 38.0 Å². The summed E-state index contributed by atoms with van der Waals surface area (Å²) in [4.78, 5) is 16.3. The standard InChI is InChI=1S/C20H23Cl2NO6/c1-3-27-8-9-28-19-16(21)10-14(11-17(19)22)29-12-13-6-4-5-7-15(13)18(20(24)25)23-26-2/h4-7,10-11,18,23H,3,8-9,12H2,1-2H3,(H,24,25). The molecule has 0 fully saturated rings. The van der Waals surface area contributed by atoms with Gasteiger partial charge in [0.25, 0.3) is 0 Å². The molecule has 9 heteroatoms. The van der Waals surface area contributed by atoms with E-state index in [0.717, 1.165) is 0 Å². The summed E-state index contributed by atoms with van der Waals surface area (Å²) >= 11 is 12.5. The summed E-state index contributed by atoms with van der Waals surface area (Å²) in [5, 5.41) is 10.0. The topological polar surface area (TPSA) is 86.3 Å². The second kappa shape index (κ2) is 11.8. The van der Waals surface area contributed by atoms with Crippen LogP contribution in [0, 0.1) is 0 Å². The molecule has 0 aliphatic rings. The predicted octanol–water partition coefficient (Wildman–Crippen LogP) is 4.26. The summed E-state index contributed by atoms with van der Waals surface area (Å²) in [6.07, 6.45) is 0. The first kappa shape index (κ1) is 23.3. The highest BCUT2D eigenvalue weighted by molar-refractivity contribution is 6.37. The number of carboxylic acid groups (broad SMARTS) is 1. The van der Waals surface area contributed by atoms with E-state index in [2.05, 4.69) is 5.48 Å². The lowest BCUT2D eigenvalue weighted by Gasteiger charge is -2.18. The quantitative estimate of drug-likeness (QED) is 0.374. The molecule has 0 bridgehead atoms. The summed E-state index contributed by atoms with van der Waals surface area (Å²) in [5.41, 5.74) is 3.66. The first-order valence-electron chi connectivity index (χ1n) is 8.89. The molecule has 0 spiro atoms. The molecule has 0 aliphatic heterocycles. The maximum absolute atomic E-state index is 11.5. The largest absolute Gasteiger partial charge is 0.489 e. The van der Waals surface area contributed by atoms with Gasteiger partial charge in [-0.25, -0.2) is 0 Å². The number of halogens is 2. The third-order valence-corrected chi connectivity index (χ3v) is 4.45. The van der Waals surface area contributed by atoms with Crippen LogP contribution in [0.5, 0.6) is 11.5 Å². The fourth-order valence-electron chi connectivity index (χ4n) is 2.58. The van der Waals surface area contributed by atoms with Crippen LogP contribution in [0.25, 0.3) is 0 Å². The van der Waals surface area contributed by atoms with E-state index in [1.165, 1.54) is 7.11 Å². The van der Waals surface area contributed by atoms with Crippen LogP contribution in [0.2, 0.25) is 10.0 Å². The van der Waals surface area contributed by atoms with Gasteiger partial charge in [0.05, 0.1) is 23.8 Å². The molecule has 2 aromatic rings. The van der Waals surface area contributed by atoms with E-state index >= 15 is 0 Å². The normalized spacial score (nSPS) is 11.9. The van der Waals surface area contributed by atoms with Crippen molar-refractivity contribution in [1.82, 2.24) is 5.48 Å². The zero-order valence-electron chi connectivity index (χ0n) is 16.1. The highest BCUT2D eigenvalue weighted by Crippen LogP contribution is 2.37. The van der Waals surface area contributed by atoms with Gasteiger partial charge in [0.2, 0.25) is 0 Å². The molecule has 2 aromatic carbocycles. The molecule has 0 aromatic heterocycles. The Morgan fingerprint density at radius 1 is 1.14 bits per heavy atom. The van der Waals surface area contributed by atoms with Gasteiger partial charge >= 0.3 is 5.97 Å². The Bertz CT molecular complexity index is 794. The van der Waals surface area contributed by atoms with E-state index in [1.807, 2.05) is 6.92 Å². The van der Waals surface area contributed by atoms with E-state index in [4.69, 9.17) is 42.3 Å². The minimum atomic E-state index is -1.07. The van der Waals surface area contributed by atoms with Crippen molar-refractivity contribution in [2.75, 3.05) is 26.9 Å². The molecule has 2 rings (SSSR count). The average Bonchev–Trinajstić information content (AvgIpc) is 2.69. The summed E-state index contributed by atoms with van der Waals surface area (Å²) in [6, 6.07) is 9.16. The number of carbonyl (C=O) groups is 1. The van der Waals surface area contributed by atoms with Gasteiger partial charge in [-0.2, -0.15) is 5.48 Å². The van der Waals surface area contributed by atoms with Crippen molar-refractivity contribution in [1.29, 1.82) is 0 Å². The molecular formula is C20H23Cl2NO6. The molecule has 1 unspecified atom stereocenters. The van der Waals surface area contributed by atoms with Crippen molar-refractivity contribution < 1.29 is 28.9 Å². The monoisotopic (exact) mass is 443 g/mol. The Hall–Kier alpha value is -2.03. The van der Waals surface area contributed by atoms with Crippen LogP contribution >= 0.6 is 23.2 Å². The van der Waals surface area contributed by atoms with Crippen molar-refractivity contribution in [3.05, 3.63) is 57.6 Å². The van der Waals surface area contributed by atoms with Gasteiger partial charge in [-0.3, -0.25) is 4.79 Å². The number of carboxylic acids is 1. The number of hydrogen-bond donors (Lipinski definition) is 2. The predicted molar refractivity (Wildman–Crippen MR) is 110 cm³/mol. The molecule has 2 N–H and O–H groups in total. The Morgan fingerprint density at radius 2 is 1.83 bits per heavy atom. The number of ether oxygens (including phenoxy) is 3. The van der Waals surface area contributed by atoms with Gasteiger partial charge in [0.1, 0.15) is 19.0 Å². The van der Waals surface area contributed by atoms with Crippen LogP contribution in [-0.2, 0) is 21.0 Å². The van der Waals surface area contributed by atoms with Gasteiger partial charge < -0.3 is 24.2 Å². The Balaban J connectivity index is 2.11. The number of hydrogen-bond acceptors (Lipinski definition) is 6. The Kier molecular flexibility index (Phi) is 9.50. The summed E-state index contributed by atoms with van der Waals surface area (Å²) in [5.74, 6) is -0.284. The zero-order valence-corrected chi connectivity index (χ0v) is 17.6. The summed E-state index contributed by atoms with van der Waals surface area (Å²) < 4.78 is 16.6. The first-order valence-corrected chi connectivity index (χ1v) is 9.65. The second-order valence-electron chi connectivity index (χ2n) is 5.84. The van der Waals surface area contributed by atoms with Crippen molar-refractivity contribution in [2.24, 2.45) is 0 Å². The van der Waals surface area contributed by atoms with Crippen molar-refractivity contribution >= 4 is 29.2 Å². The zero-order chi connectivity index (χ0) is 21.2. The molecule has 0 saturated heterocycles. The van der Waals surface area contributed by atoms with Crippen LogP contribution in [0.15, 0.2) is 36.4 Å². The molecule has 0 aliphatic carbocycles. The van der Waals surface area contributed by atoms with E-state index in [9.17, 15) is 9.90 Å². The summed E-state index contributed by atoms with van der Waals surface area (Å²) in [7, 11) is 1.36. The minimum absolute atomic E-state index is 0.114.